The first-order chi connectivity index (χ1) is 11.9. The van der Waals surface area contributed by atoms with Crippen LogP contribution in [0, 0.1) is 17.3 Å². The molecule has 2 aliphatic rings. The summed E-state index contributed by atoms with van der Waals surface area (Å²) in [5.74, 6) is 6.68. The minimum atomic E-state index is -4.31. The Balaban J connectivity index is 1.51. The third kappa shape index (κ3) is 4.09. The average molecular weight is 349 g/mol. The molecule has 1 aromatic carbocycles. The van der Waals surface area contributed by atoms with E-state index in [4.69, 9.17) is 0 Å². The summed E-state index contributed by atoms with van der Waals surface area (Å²) in [6, 6.07) is 4.90. The molecule has 3 nitrogen and oxygen atoms in total. The van der Waals surface area contributed by atoms with E-state index in [1.165, 1.54) is 37.8 Å². The van der Waals surface area contributed by atoms with Crippen LogP contribution in [0.2, 0.25) is 0 Å². The fourth-order valence-corrected chi connectivity index (χ4v) is 3.55. The van der Waals surface area contributed by atoms with Crippen molar-refractivity contribution < 1.29 is 13.2 Å². The lowest BCUT2D eigenvalue weighted by molar-refractivity contribution is -0.137. The lowest BCUT2D eigenvalue weighted by atomic mass is 9.68. The van der Waals surface area contributed by atoms with Crippen LogP contribution in [-0.2, 0) is 6.18 Å². The van der Waals surface area contributed by atoms with Crippen LogP contribution in [0.4, 0.5) is 13.2 Å². The summed E-state index contributed by atoms with van der Waals surface area (Å²) in [6.45, 7) is 2.49. The fourth-order valence-electron chi connectivity index (χ4n) is 3.55. The third-order valence-corrected chi connectivity index (χ3v) is 5.14. The van der Waals surface area contributed by atoms with Gasteiger partial charge in [-0.15, -0.1) is 0 Å². The number of aliphatic imine (C=N–C) groups is 1. The van der Waals surface area contributed by atoms with Gasteiger partial charge in [0, 0.05) is 25.7 Å². The van der Waals surface area contributed by atoms with Gasteiger partial charge in [-0.1, -0.05) is 18.3 Å². The van der Waals surface area contributed by atoms with Crippen molar-refractivity contribution in [2.75, 3.05) is 26.7 Å². The standard InChI is InChI=1S/C19H22F3N3/c1-23-17(25-13-11-18(14-25)9-3-10-18)24-12-2-4-15-5-7-16(8-6-15)19(20,21)22/h5-8H,3,9-14H2,1H3,(H,23,24). The molecule has 1 saturated heterocycles. The quantitative estimate of drug-likeness (QED) is 0.477. The Morgan fingerprint density at radius 3 is 2.48 bits per heavy atom. The highest BCUT2D eigenvalue weighted by molar-refractivity contribution is 5.80. The van der Waals surface area contributed by atoms with Gasteiger partial charge in [-0.25, -0.2) is 0 Å². The van der Waals surface area contributed by atoms with Gasteiger partial charge in [-0.3, -0.25) is 4.99 Å². The first-order valence-electron chi connectivity index (χ1n) is 8.54. The van der Waals surface area contributed by atoms with Gasteiger partial charge in [0.05, 0.1) is 12.1 Å². The third-order valence-electron chi connectivity index (χ3n) is 5.14. The number of alkyl halides is 3. The smallest absolute Gasteiger partial charge is 0.345 e. The average Bonchev–Trinajstić information content (AvgIpc) is 3.00. The van der Waals surface area contributed by atoms with Crippen LogP contribution in [0.1, 0.15) is 36.8 Å². The molecule has 0 unspecified atom stereocenters. The number of guanidine groups is 1. The number of benzene rings is 1. The molecule has 134 valence electrons. The Kier molecular flexibility index (Phi) is 4.94. The highest BCUT2D eigenvalue weighted by atomic mass is 19.4. The van der Waals surface area contributed by atoms with Crippen LogP contribution < -0.4 is 5.32 Å². The van der Waals surface area contributed by atoms with Crippen molar-refractivity contribution in [2.45, 2.75) is 31.9 Å². The second-order valence-corrected chi connectivity index (χ2v) is 6.80. The van der Waals surface area contributed by atoms with Crippen molar-refractivity contribution in [3.8, 4) is 11.8 Å². The summed E-state index contributed by atoms with van der Waals surface area (Å²) >= 11 is 0. The number of likely N-dealkylation sites (tertiary alicyclic amines) is 1. The summed E-state index contributed by atoms with van der Waals surface area (Å²) < 4.78 is 37.6. The Morgan fingerprint density at radius 1 is 1.24 bits per heavy atom. The van der Waals surface area contributed by atoms with Gasteiger partial charge in [-0.2, -0.15) is 13.2 Å². The minimum absolute atomic E-state index is 0.414. The summed E-state index contributed by atoms with van der Waals surface area (Å²) in [7, 11) is 1.76. The zero-order valence-corrected chi connectivity index (χ0v) is 14.3. The molecule has 1 aliphatic heterocycles. The van der Waals surface area contributed by atoms with Gasteiger partial charge in [0.15, 0.2) is 5.96 Å². The van der Waals surface area contributed by atoms with Crippen LogP contribution in [-0.4, -0.2) is 37.5 Å². The Hall–Kier alpha value is -2.16. The molecule has 1 N–H and O–H groups in total. The van der Waals surface area contributed by atoms with Gasteiger partial charge < -0.3 is 10.2 Å². The van der Waals surface area contributed by atoms with Crippen molar-refractivity contribution in [3.63, 3.8) is 0 Å². The number of hydrogen-bond acceptors (Lipinski definition) is 1. The molecule has 0 aromatic heterocycles. The van der Waals surface area contributed by atoms with E-state index in [-0.39, 0.29) is 0 Å². The molecule has 6 heteroatoms. The van der Waals surface area contributed by atoms with E-state index in [9.17, 15) is 13.2 Å². The van der Waals surface area contributed by atoms with E-state index in [0.29, 0.717) is 17.5 Å². The predicted molar refractivity (Wildman–Crippen MR) is 92.2 cm³/mol. The van der Waals surface area contributed by atoms with Gasteiger partial charge in [0.2, 0.25) is 0 Å². The number of nitrogens with one attached hydrogen (secondary N) is 1. The molecule has 1 aromatic rings. The molecule has 1 spiro atoms. The topological polar surface area (TPSA) is 27.6 Å². The SMILES string of the molecule is CN=C(NCC#Cc1ccc(C(F)(F)F)cc1)N1CCC2(CCC2)C1. The fraction of sp³-hybridized carbons (Fsp3) is 0.526. The largest absolute Gasteiger partial charge is 0.416 e. The summed E-state index contributed by atoms with van der Waals surface area (Å²) in [6.07, 6.45) is 0.874. The molecular weight excluding hydrogens is 327 g/mol. The monoisotopic (exact) mass is 349 g/mol. The summed E-state index contributed by atoms with van der Waals surface area (Å²) in [5.41, 5.74) is 0.415. The maximum atomic E-state index is 12.5. The van der Waals surface area contributed by atoms with Crippen LogP contribution in [0.3, 0.4) is 0 Å². The molecule has 2 fully saturated rings. The molecule has 3 rings (SSSR count). The molecule has 1 aliphatic carbocycles. The molecule has 1 heterocycles. The van der Waals surface area contributed by atoms with Gasteiger partial charge in [-0.05, 0) is 48.9 Å². The first kappa shape index (κ1) is 17.7. The van der Waals surface area contributed by atoms with E-state index < -0.39 is 11.7 Å². The van der Waals surface area contributed by atoms with Crippen LogP contribution >= 0.6 is 0 Å². The molecule has 1 saturated carbocycles. The highest BCUT2D eigenvalue weighted by Crippen LogP contribution is 2.47. The number of halogens is 3. The molecule has 0 radical (unpaired) electrons. The van der Waals surface area contributed by atoms with Crippen LogP contribution in [0.5, 0.6) is 0 Å². The van der Waals surface area contributed by atoms with Crippen molar-refractivity contribution in [2.24, 2.45) is 10.4 Å². The minimum Gasteiger partial charge on any atom is -0.345 e. The maximum absolute atomic E-state index is 12.5. The summed E-state index contributed by atoms with van der Waals surface area (Å²) in [5, 5.41) is 3.23. The van der Waals surface area contributed by atoms with Crippen molar-refractivity contribution in [3.05, 3.63) is 35.4 Å². The van der Waals surface area contributed by atoms with E-state index >= 15 is 0 Å². The van der Waals surface area contributed by atoms with E-state index in [1.807, 2.05) is 0 Å². The summed E-state index contributed by atoms with van der Waals surface area (Å²) in [4.78, 5) is 6.59. The van der Waals surface area contributed by atoms with Crippen molar-refractivity contribution >= 4 is 5.96 Å². The lowest BCUT2D eigenvalue weighted by Gasteiger charge is -2.38. The Morgan fingerprint density at radius 2 is 1.96 bits per heavy atom. The number of nitrogens with zero attached hydrogens (tertiary/aromatic N) is 2. The number of hydrogen-bond donors (Lipinski definition) is 1. The van der Waals surface area contributed by atoms with Crippen molar-refractivity contribution in [1.29, 1.82) is 0 Å². The number of rotatable bonds is 1. The molecule has 0 amide bonds. The van der Waals surface area contributed by atoms with Gasteiger partial charge in [0.25, 0.3) is 0 Å². The molecular formula is C19H22F3N3. The Bertz CT molecular complexity index is 691. The van der Waals surface area contributed by atoms with E-state index in [2.05, 4.69) is 27.0 Å². The maximum Gasteiger partial charge on any atom is 0.416 e. The Labute approximate surface area is 146 Å². The molecule has 0 atom stereocenters. The zero-order chi connectivity index (χ0) is 17.9. The van der Waals surface area contributed by atoms with Gasteiger partial charge >= 0.3 is 6.18 Å². The second kappa shape index (κ2) is 6.99. The van der Waals surface area contributed by atoms with Crippen LogP contribution in [0.25, 0.3) is 0 Å². The van der Waals surface area contributed by atoms with Crippen molar-refractivity contribution in [1.82, 2.24) is 10.2 Å². The van der Waals surface area contributed by atoms with E-state index in [0.717, 1.165) is 31.2 Å². The predicted octanol–water partition coefficient (Wildman–Crippen LogP) is 3.51. The van der Waals surface area contributed by atoms with Crippen LogP contribution in [0.15, 0.2) is 29.3 Å². The second-order valence-electron chi connectivity index (χ2n) is 6.80. The first-order valence-corrected chi connectivity index (χ1v) is 8.54. The highest BCUT2D eigenvalue weighted by Gasteiger charge is 2.43. The zero-order valence-electron chi connectivity index (χ0n) is 14.3. The van der Waals surface area contributed by atoms with Gasteiger partial charge in [0.1, 0.15) is 0 Å². The molecule has 0 bridgehead atoms. The lowest BCUT2D eigenvalue weighted by Crippen LogP contribution is -2.42. The molecule has 25 heavy (non-hydrogen) atoms. The van der Waals surface area contributed by atoms with E-state index in [1.54, 1.807) is 7.05 Å². The normalized spacial score (nSPS) is 19.4.